The normalized spacial score (nSPS) is 12.2. The fourth-order valence-corrected chi connectivity index (χ4v) is 3.50. The third kappa shape index (κ3) is 4.91. The highest BCUT2D eigenvalue weighted by molar-refractivity contribution is 7.13. The molecule has 26 heavy (non-hydrogen) atoms. The van der Waals surface area contributed by atoms with Crippen molar-refractivity contribution < 1.29 is 18.8 Å². The molecule has 2 rings (SSSR count). The molecule has 142 valence electrons. The van der Waals surface area contributed by atoms with Crippen LogP contribution < -0.4 is 5.73 Å². The van der Waals surface area contributed by atoms with E-state index >= 15 is 0 Å². The van der Waals surface area contributed by atoms with Crippen molar-refractivity contribution in [2.24, 2.45) is 5.73 Å². The molecule has 0 radical (unpaired) electrons. The van der Waals surface area contributed by atoms with E-state index in [1.165, 1.54) is 18.3 Å². The van der Waals surface area contributed by atoms with Gasteiger partial charge in [-0.1, -0.05) is 18.5 Å². The molecule has 2 aromatic rings. The summed E-state index contributed by atoms with van der Waals surface area (Å²) in [5.41, 5.74) is 7.85. The highest BCUT2D eigenvalue weighted by Gasteiger charge is 2.22. The Morgan fingerprint density at radius 3 is 2.65 bits per heavy atom. The maximum Gasteiger partial charge on any atom is 0.351 e. The Morgan fingerprint density at radius 2 is 2.00 bits per heavy atom. The summed E-state index contributed by atoms with van der Waals surface area (Å²) >= 11 is 1.28. The Bertz CT molecular complexity index is 781. The molecule has 0 aromatic carbocycles. The van der Waals surface area contributed by atoms with Crippen molar-refractivity contribution in [2.75, 3.05) is 0 Å². The van der Waals surface area contributed by atoms with Crippen molar-refractivity contribution in [1.29, 1.82) is 0 Å². The van der Waals surface area contributed by atoms with Crippen molar-refractivity contribution in [3.05, 3.63) is 32.6 Å². The molecule has 2 aromatic heterocycles. The number of nitrogens with zero attached hydrogens (tertiary/aromatic N) is 2. The molecule has 1 unspecified atom stereocenters. The van der Waals surface area contributed by atoms with Crippen molar-refractivity contribution >= 4 is 23.2 Å². The minimum absolute atomic E-state index is 0.404. The third-order valence-corrected chi connectivity index (χ3v) is 5.33. The zero-order valence-electron chi connectivity index (χ0n) is 15.6. The Kier molecular flexibility index (Phi) is 6.90. The quantitative estimate of drug-likeness (QED) is 0.671. The number of esters is 1. The number of hydrogen-bond donors (Lipinski definition) is 1. The molecule has 8 heteroatoms. The van der Waals surface area contributed by atoms with Crippen LogP contribution in [0.4, 0.5) is 0 Å². The van der Waals surface area contributed by atoms with Crippen molar-refractivity contribution in [2.45, 2.75) is 65.9 Å². The Labute approximate surface area is 156 Å². The Morgan fingerprint density at radius 1 is 1.27 bits per heavy atom. The topological polar surface area (TPSA) is 108 Å². The lowest BCUT2D eigenvalue weighted by Crippen LogP contribution is -2.30. The number of primary amides is 1. The van der Waals surface area contributed by atoms with Crippen LogP contribution in [0.1, 0.15) is 64.1 Å². The monoisotopic (exact) mass is 379 g/mol. The fraction of sp³-hybridized carbons (Fsp3) is 0.556. The number of unbranched alkanes of at least 4 members (excludes halogenated alkanes) is 1. The first-order valence-corrected chi connectivity index (χ1v) is 9.55. The highest BCUT2D eigenvalue weighted by atomic mass is 32.1. The van der Waals surface area contributed by atoms with Gasteiger partial charge in [-0.3, -0.25) is 4.79 Å². The second-order valence-electron chi connectivity index (χ2n) is 6.24. The lowest BCUT2D eigenvalue weighted by atomic mass is 10.0. The lowest BCUT2D eigenvalue weighted by molar-refractivity contribution is -0.125. The average Bonchev–Trinajstić information content (AvgIpc) is 3.13. The van der Waals surface area contributed by atoms with Gasteiger partial charge in [-0.15, -0.1) is 11.3 Å². The zero-order chi connectivity index (χ0) is 19.3. The van der Waals surface area contributed by atoms with Gasteiger partial charge in [0.15, 0.2) is 6.10 Å². The van der Waals surface area contributed by atoms with Gasteiger partial charge in [0.05, 0.1) is 16.4 Å². The van der Waals surface area contributed by atoms with Crippen LogP contribution in [0.15, 0.2) is 4.52 Å². The van der Waals surface area contributed by atoms with Gasteiger partial charge in [-0.05, 0) is 40.0 Å². The molecule has 0 bridgehead atoms. The van der Waals surface area contributed by atoms with Gasteiger partial charge in [0.25, 0.3) is 5.91 Å². The number of carbonyl (C=O) groups excluding carboxylic acids is 2. The van der Waals surface area contributed by atoms with Gasteiger partial charge >= 0.3 is 5.97 Å². The van der Waals surface area contributed by atoms with E-state index in [2.05, 4.69) is 17.1 Å². The summed E-state index contributed by atoms with van der Waals surface area (Å²) in [5.74, 6) is -0.412. The summed E-state index contributed by atoms with van der Waals surface area (Å²) in [7, 11) is 0. The van der Waals surface area contributed by atoms with E-state index in [4.69, 9.17) is 15.0 Å². The van der Waals surface area contributed by atoms with Crippen LogP contribution >= 0.6 is 11.3 Å². The van der Waals surface area contributed by atoms with E-state index in [-0.39, 0.29) is 0 Å². The third-order valence-electron chi connectivity index (χ3n) is 4.13. The van der Waals surface area contributed by atoms with Gasteiger partial charge in [-0.2, -0.15) is 0 Å². The van der Waals surface area contributed by atoms with Crippen LogP contribution in [0.5, 0.6) is 0 Å². The van der Waals surface area contributed by atoms with Crippen LogP contribution in [0, 0.1) is 13.8 Å². The molecule has 2 heterocycles. The first-order chi connectivity index (χ1) is 12.3. The number of nitrogens with two attached hydrogens (primary N) is 1. The molecular formula is C18H25N3O4S. The standard InChI is InChI=1S/C18H25N3O4S/c1-5-6-7-14-13(11(3)25-21-14)8-9-15-20-10(2)16(26-15)18(23)24-12(4)17(19)22/h12H,5-9H2,1-4H3,(H2,19,22). The number of aryl methyl sites for hydroxylation is 4. The van der Waals surface area contributed by atoms with Crippen molar-refractivity contribution in [3.63, 3.8) is 0 Å². The molecule has 0 spiro atoms. The molecule has 2 N–H and O–H groups in total. The van der Waals surface area contributed by atoms with Crippen molar-refractivity contribution in [1.82, 2.24) is 10.1 Å². The highest BCUT2D eigenvalue weighted by Crippen LogP contribution is 2.23. The number of amides is 1. The SMILES string of the molecule is CCCCc1noc(C)c1CCc1nc(C)c(C(=O)OC(C)C(N)=O)s1. The van der Waals surface area contributed by atoms with E-state index in [1.807, 2.05) is 6.92 Å². The molecule has 0 aliphatic heterocycles. The van der Waals surface area contributed by atoms with Crippen LogP contribution in [0.3, 0.4) is 0 Å². The Hall–Kier alpha value is -2.22. The van der Waals surface area contributed by atoms with Gasteiger partial charge in [0.2, 0.25) is 0 Å². The van der Waals surface area contributed by atoms with Gasteiger partial charge < -0.3 is 15.0 Å². The molecule has 0 fully saturated rings. The number of hydrogen-bond acceptors (Lipinski definition) is 7. The summed E-state index contributed by atoms with van der Waals surface area (Å²) < 4.78 is 10.4. The number of aromatic nitrogens is 2. The molecule has 1 amide bonds. The largest absolute Gasteiger partial charge is 0.448 e. The molecular weight excluding hydrogens is 354 g/mol. The summed E-state index contributed by atoms with van der Waals surface area (Å²) in [6.07, 6.45) is 3.56. The van der Waals surface area contributed by atoms with Crippen LogP contribution in [0.2, 0.25) is 0 Å². The van der Waals surface area contributed by atoms with Crippen LogP contribution in [-0.2, 0) is 28.8 Å². The lowest BCUT2D eigenvalue weighted by Gasteiger charge is -2.08. The molecule has 0 aliphatic rings. The summed E-state index contributed by atoms with van der Waals surface area (Å²) in [4.78, 5) is 28.1. The fourth-order valence-electron chi connectivity index (χ4n) is 2.55. The minimum Gasteiger partial charge on any atom is -0.448 e. The van der Waals surface area contributed by atoms with E-state index in [9.17, 15) is 9.59 Å². The van der Waals surface area contributed by atoms with E-state index in [0.717, 1.165) is 47.7 Å². The van der Waals surface area contributed by atoms with E-state index in [1.54, 1.807) is 6.92 Å². The van der Waals surface area contributed by atoms with Crippen molar-refractivity contribution in [3.8, 4) is 0 Å². The zero-order valence-corrected chi connectivity index (χ0v) is 16.4. The summed E-state index contributed by atoms with van der Waals surface area (Å²) in [6.45, 7) is 7.26. The molecule has 7 nitrogen and oxygen atoms in total. The molecule has 0 saturated carbocycles. The number of rotatable bonds is 9. The number of thiazole rings is 1. The first kappa shape index (κ1) is 20.1. The van der Waals surface area contributed by atoms with Crippen LogP contribution in [0.25, 0.3) is 0 Å². The maximum atomic E-state index is 12.2. The van der Waals surface area contributed by atoms with Gasteiger partial charge in [0, 0.05) is 12.0 Å². The molecule has 1 atom stereocenters. The number of carbonyl (C=O) groups is 2. The second kappa shape index (κ2) is 8.93. The van der Waals surface area contributed by atoms with Gasteiger partial charge in [0.1, 0.15) is 10.6 Å². The van der Waals surface area contributed by atoms with E-state index < -0.39 is 18.0 Å². The number of ether oxygens (including phenoxy) is 1. The smallest absolute Gasteiger partial charge is 0.351 e. The average molecular weight is 379 g/mol. The first-order valence-electron chi connectivity index (χ1n) is 8.74. The van der Waals surface area contributed by atoms with Gasteiger partial charge in [-0.25, -0.2) is 9.78 Å². The Balaban J connectivity index is 2.05. The summed E-state index contributed by atoms with van der Waals surface area (Å²) in [5, 5.41) is 4.99. The predicted molar refractivity (Wildman–Crippen MR) is 98.2 cm³/mol. The van der Waals surface area contributed by atoms with E-state index in [0.29, 0.717) is 17.0 Å². The van der Waals surface area contributed by atoms with Crippen LogP contribution in [-0.4, -0.2) is 28.1 Å². The second-order valence-corrected chi connectivity index (χ2v) is 7.32. The molecule has 0 saturated heterocycles. The predicted octanol–water partition coefficient (Wildman–Crippen LogP) is 2.91. The maximum absolute atomic E-state index is 12.2. The molecule has 0 aliphatic carbocycles. The summed E-state index contributed by atoms with van der Waals surface area (Å²) in [6, 6.07) is 0. The minimum atomic E-state index is -0.965.